The molecule has 0 aliphatic heterocycles. The molecule has 2 aromatic rings. The quantitative estimate of drug-likeness (QED) is 0.898. The van der Waals surface area contributed by atoms with Gasteiger partial charge in [0, 0.05) is 6.04 Å². The average molecular weight is 273 g/mol. The first-order chi connectivity index (χ1) is 9.63. The maximum absolute atomic E-state index is 13.4. The third-order valence-corrected chi connectivity index (χ3v) is 3.60. The van der Waals surface area contributed by atoms with E-state index in [0.29, 0.717) is 0 Å². The predicted octanol–water partition coefficient (Wildman–Crippen LogP) is 3.65. The lowest BCUT2D eigenvalue weighted by atomic mass is 9.96. The monoisotopic (exact) mass is 273 g/mol. The van der Waals surface area contributed by atoms with Gasteiger partial charge in [-0.05, 0) is 61.3 Å². The van der Waals surface area contributed by atoms with Crippen LogP contribution in [0.25, 0.3) is 0 Å². The zero-order chi connectivity index (χ0) is 14.5. The van der Waals surface area contributed by atoms with E-state index < -0.39 is 0 Å². The minimum atomic E-state index is -0.185. The number of aryl methyl sites for hydroxylation is 1. The van der Waals surface area contributed by atoms with Gasteiger partial charge >= 0.3 is 0 Å². The molecule has 2 rings (SSSR count). The second-order valence-corrected chi connectivity index (χ2v) is 4.89. The highest BCUT2D eigenvalue weighted by Crippen LogP contribution is 2.23. The van der Waals surface area contributed by atoms with Crippen LogP contribution < -0.4 is 10.1 Å². The fourth-order valence-corrected chi connectivity index (χ4v) is 2.30. The van der Waals surface area contributed by atoms with Crippen molar-refractivity contribution in [1.82, 2.24) is 5.32 Å². The first-order valence-corrected chi connectivity index (χ1v) is 6.70. The Hall–Kier alpha value is -1.87. The molecular weight excluding hydrogens is 253 g/mol. The van der Waals surface area contributed by atoms with Gasteiger partial charge in [0.2, 0.25) is 0 Å². The third kappa shape index (κ3) is 3.36. The number of likely N-dealkylation sites (N-methyl/N-ethyl adjacent to an activating group) is 1. The lowest BCUT2D eigenvalue weighted by Gasteiger charge is -2.18. The summed E-state index contributed by atoms with van der Waals surface area (Å²) in [6.45, 7) is 2.01. The molecule has 0 bridgehead atoms. The lowest BCUT2D eigenvalue weighted by molar-refractivity contribution is 0.414. The molecule has 0 radical (unpaired) electrons. The summed E-state index contributed by atoms with van der Waals surface area (Å²) in [7, 11) is 3.57. The van der Waals surface area contributed by atoms with Gasteiger partial charge in [-0.2, -0.15) is 0 Å². The molecule has 106 valence electrons. The van der Waals surface area contributed by atoms with Crippen LogP contribution in [0.1, 0.15) is 22.7 Å². The number of rotatable bonds is 5. The summed E-state index contributed by atoms with van der Waals surface area (Å²) in [6.07, 6.45) is 0.756. The van der Waals surface area contributed by atoms with Gasteiger partial charge < -0.3 is 10.1 Å². The molecular formula is C17H20FNO. The van der Waals surface area contributed by atoms with E-state index in [1.54, 1.807) is 13.2 Å². The highest BCUT2D eigenvalue weighted by atomic mass is 19.1. The summed E-state index contributed by atoms with van der Waals surface area (Å²) in [5, 5.41) is 3.29. The molecule has 0 fully saturated rings. The van der Waals surface area contributed by atoms with Crippen molar-refractivity contribution in [2.45, 2.75) is 19.4 Å². The molecule has 0 saturated heterocycles. The van der Waals surface area contributed by atoms with Crippen molar-refractivity contribution < 1.29 is 9.13 Å². The second-order valence-electron chi connectivity index (χ2n) is 4.89. The summed E-state index contributed by atoms with van der Waals surface area (Å²) in [4.78, 5) is 0. The Morgan fingerprint density at radius 1 is 1.15 bits per heavy atom. The molecule has 0 saturated carbocycles. The topological polar surface area (TPSA) is 21.3 Å². The van der Waals surface area contributed by atoms with Crippen molar-refractivity contribution in [3.05, 3.63) is 65.0 Å². The molecule has 1 atom stereocenters. The van der Waals surface area contributed by atoms with E-state index in [0.717, 1.165) is 28.9 Å². The summed E-state index contributed by atoms with van der Waals surface area (Å²) >= 11 is 0. The molecule has 0 heterocycles. The Morgan fingerprint density at radius 2 is 1.85 bits per heavy atom. The SMILES string of the molecule is CNC(Cc1cc(F)ccc1C)c1ccc(OC)cc1. The van der Waals surface area contributed by atoms with Gasteiger partial charge in [0.05, 0.1) is 7.11 Å². The molecule has 0 spiro atoms. The Morgan fingerprint density at radius 3 is 2.45 bits per heavy atom. The molecule has 0 amide bonds. The number of nitrogens with one attached hydrogen (secondary N) is 1. The van der Waals surface area contributed by atoms with Gasteiger partial charge in [-0.3, -0.25) is 0 Å². The van der Waals surface area contributed by atoms with Gasteiger partial charge in [0.1, 0.15) is 11.6 Å². The van der Waals surface area contributed by atoms with Crippen LogP contribution >= 0.6 is 0 Å². The van der Waals surface area contributed by atoms with E-state index in [4.69, 9.17) is 4.74 Å². The van der Waals surface area contributed by atoms with Crippen molar-refractivity contribution in [1.29, 1.82) is 0 Å². The van der Waals surface area contributed by atoms with Crippen LogP contribution in [0, 0.1) is 12.7 Å². The van der Waals surface area contributed by atoms with E-state index in [1.807, 2.05) is 44.3 Å². The van der Waals surface area contributed by atoms with E-state index in [1.165, 1.54) is 6.07 Å². The number of ether oxygens (including phenoxy) is 1. The minimum Gasteiger partial charge on any atom is -0.497 e. The Labute approximate surface area is 119 Å². The number of methoxy groups -OCH3 is 1. The van der Waals surface area contributed by atoms with Crippen LogP contribution in [-0.4, -0.2) is 14.2 Å². The van der Waals surface area contributed by atoms with Crippen molar-refractivity contribution in [2.24, 2.45) is 0 Å². The minimum absolute atomic E-state index is 0.154. The van der Waals surface area contributed by atoms with Crippen LogP contribution in [0.2, 0.25) is 0 Å². The number of halogens is 1. The normalized spacial score (nSPS) is 12.2. The van der Waals surface area contributed by atoms with Crippen LogP contribution in [0.3, 0.4) is 0 Å². The van der Waals surface area contributed by atoms with Gasteiger partial charge in [0.15, 0.2) is 0 Å². The summed E-state index contributed by atoms with van der Waals surface area (Å²) in [5.74, 6) is 0.653. The molecule has 0 aliphatic carbocycles. The zero-order valence-corrected chi connectivity index (χ0v) is 12.1. The molecule has 0 aliphatic rings. The highest BCUT2D eigenvalue weighted by molar-refractivity contribution is 5.32. The number of hydrogen-bond acceptors (Lipinski definition) is 2. The Bertz CT molecular complexity index is 566. The van der Waals surface area contributed by atoms with Crippen LogP contribution in [0.4, 0.5) is 4.39 Å². The molecule has 20 heavy (non-hydrogen) atoms. The van der Waals surface area contributed by atoms with Crippen molar-refractivity contribution in [3.63, 3.8) is 0 Å². The van der Waals surface area contributed by atoms with Crippen molar-refractivity contribution >= 4 is 0 Å². The van der Waals surface area contributed by atoms with Crippen molar-refractivity contribution in [2.75, 3.05) is 14.2 Å². The maximum Gasteiger partial charge on any atom is 0.123 e. The fourth-order valence-electron chi connectivity index (χ4n) is 2.30. The second kappa shape index (κ2) is 6.53. The zero-order valence-electron chi connectivity index (χ0n) is 12.1. The van der Waals surface area contributed by atoms with Crippen molar-refractivity contribution in [3.8, 4) is 5.75 Å². The summed E-state index contributed by atoms with van der Waals surface area (Å²) < 4.78 is 18.5. The standard InChI is InChI=1S/C17H20FNO/c1-12-4-7-15(18)10-14(12)11-17(19-2)13-5-8-16(20-3)9-6-13/h4-10,17,19H,11H2,1-3H3. The van der Waals surface area contributed by atoms with Gasteiger partial charge in [0.25, 0.3) is 0 Å². The Kier molecular flexibility index (Phi) is 4.74. The summed E-state index contributed by atoms with van der Waals surface area (Å²) in [6, 6.07) is 13.1. The molecule has 1 N–H and O–H groups in total. The molecule has 0 aromatic heterocycles. The molecule has 1 unspecified atom stereocenters. The van der Waals surface area contributed by atoms with E-state index >= 15 is 0 Å². The van der Waals surface area contributed by atoms with Gasteiger partial charge in [-0.15, -0.1) is 0 Å². The van der Waals surface area contributed by atoms with E-state index in [-0.39, 0.29) is 11.9 Å². The molecule has 3 heteroatoms. The summed E-state index contributed by atoms with van der Waals surface area (Å²) in [5.41, 5.74) is 3.30. The number of hydrogen-bond donors (Lipinski definition) is 1. The van der Waals surface area contributed by atoms with Gasteiger partial charge in [-0.1, -0.05) is 18.2 Å². The maximum atomic E-state index is 13.4. The average Bonchev–Trinajstić information content (AvgIpc) is 2.48. The van der Waals surface area contributed by atoms with E-state index in [2.05, 4.69) is 5.32 Å². The first-order valence-electron chi connectivity index (χ1n) is 6.70. The van der Waals surface area contributed by atoms with Crippen LogP contribution in [0.15, 0.2) is 42.5 Å². The van der Waals surface area contributed by atoms with Crippen LogP contribution in [-0.2, 0) is 6.42 Å². The Balaban J connectivity index is 2.21. The lowest BCUT2D eigenvalue weighted by Crippen LogP contribution is -2.19. The predicted molar refractivity (Wildman–Crippen MR) is 79.6 cm³/mol. The smallest absolute Gasteiger partial charge is 0.123 e. The highest BCUT2D eigenvalue weighted by Gasteiger charge is 2.12. The molecule has 2 nitrogen and oxygen atoms in total. The molecule has 2 aromatic carbocycles. The largest absolute Gasteiger partial charge is 0.497 e. The van der Waals surface area contributed by atoms with E-state index in [9.17, 15) is 4.39 Å². The van der Waals surface area contributed by atoms with Gasteiger partial charge in [-0.25, -0.2) is 4.39 Å². The fraction of sp³-hybridized carbons (Fsp3) is 0.294. The number of benzene rings is 2. The third-order valence-electron chi connectivity index (χ3n) is 3.60. The first kappa shape index (κ1) is 14.5. The van der Waals surface area contributed by atoms with Crippen LogP contribution in [0.5, 0.6) is 5.75 Å².